The van der Waals surface area contributed by atoms with Gasteiger partial charge in [-0.15, -0.1) is 10.2 Å². The lowest BCUT2D eigenvalue weighted by atomic mass is 10.1. The highest BCUT2D eigenvalue weighted by Crippen LogP contribution is 2.36. The monoisotopic (exact) mass is 313 g/mol. The van der Waals surface area contributed by atoms with E-state index in [1.807, 2.05) is 12.1 Å². The van der Waals surface area contributed by atoms with E-state index in [9.17, 15) is 9.90 Å². The fourth-order valence-electron chi connectivity index (χ4n) is 3.50. The van der Waals surface area contributed by atoms with Crippen LogP contribution in [0.3, 0.4) is 0 Å². The van der Waals surface area contributed by atoms with Gasteiger partial charge in [0.2, 0.25) is 0 Å². The standard InChI is InChI=1S/C16H19N5O2/c22-13-4-1-3-10-11(13)6-7-12(10)18-16(23)17-9-15-20-19-14-5-2-8-21(14)15/h1,3-4,12,22H,2,5-9H2,(H2,17,18,23). The van der Waals surface area contributed by atoms with Gasteiger partial charge >= 0.3 is 6.03 Å². The molecule has 1 aromatic heterocycles. The Morgan fingerprint density at radius 1 is 1.35 bits per heavy atom. The first-order chi connectivity index (χ1) is 11.2. The molecule has 1 atom stereocenters. The molecule has 0 radical (unpaired) electrons. The van der Waals surface area contributed by atoms with Crippen molar-refractivity contribution in [2.75, 3.05) is 0 Å². The minimum Gasteiger partial charge on any atom is -0.508 e. The van der Waals surface area contributed by atoms with Gasteiger partial charge in [-0.2, -0.15) is 0 Å². The van der Waals surface area contributed by atoms with E-state index in [0.29, 0.717) is 12.3 Å². The summed E-state index contributed by atoms with van der Waals surface area (Å²) in [5.74, 6) is 2.12. The van der Waals surface area contributed by atoms with Crippen molar-refractivity contribution in [3.63, 3.8) is 0 Å². The molecule has 0 bridgehead atoms. The van der Waals surface area contributed by atoms with Gasteiger partial charge in [-0.25, -0.2) is 4.79 Å². The van der Waals surface area contributed by atoms with E-state index in [1.165, 1.54) is 0 Å². The molecule has 0 saturated carbocycles. The van der Waals surface area contributed by atoms with Crippen LogP contribution in [0.2, 0.25) is 0 Å². The summed E-state index contributed by atoms with van der Waals surface area (Å²) in [4.78, 5) is 12.1. The van der Waals surface area contributed by atoms with Gasteiger partial charge in [-0.1, -0.05) is 12.1 Å². The molecule has 3 N–H and O–H groups in total. The van der Waals surface area contributed by atoms with Crippen LogP contribution >= 0.6 is 0 Å². The maximum absolute atomic E-state index is 12.1. The van der Waals surface area contributed by atoms with Crippen molar-refractivity contribution in [1.82, 2.24) is 25.4 Å². The number of nitrogens with zero attached hydrogens (tertiary/aromatic N) is 3. The lowest BCUT2D eigenvalue weighted by molar-refractivity contribution is 0.236. The summed E-state index contributed by atoms with van der Waals surface area (Å²) in [6.45, 7) is 1.30. The summed E-state index contributed by atoms with van der Waals surface area (Å²) in [7, 11) is 0. The average Bonchev–Trinajstić information content (AvgIpc) is 3.22. The van der Waals surface area contributed by atoms with E-state index in [4.69, 9.17) is 0 Å². The SMILES string of the molecule is O=C(NCc1nnc2n1CCC2)NC1CCc2c(O)cccc21. The maximum atomic E-state index is 12.1. The molecule has 120 valence electrons. The van der Waals surface area contributed by atoms with Gasteiger partial charge in [-0.3, -0.25) is 0 Å². The summed E-state index contributed by atoms with van der Waals surface area (Å²) in [5, 5.41) is 23.9. The Balaban J connectivity index is 1.37. The number of urea groups is 1. The molecule has 0 spiro atoms. The maximum Gasteiger partial charge on any atom is 0.315 e. The molecule has 7 nitrogen and oxygen atoms in total. The number of rotatable bonds is 3. The summed E-state index contributed by atoms with van der Waals surface area (Å²) in [6, 6.07) is 5.18. The third-order valence-corrected chi connectivity index (χ3v) is 4.64. The number of aromatic nitrogens is 3. The second-order valence-corrected chi connectivity index (χ2v) is 6.05. The minimum absolute atomic E-state index is 0.0544. The second kappa shape index (κ2) is 5.57. The topological polar surface area (TPSA) is 92.1 Å². The lowest BCUT2D eigenvalue weighted by Gasteiger charge is -2.15. The smallest absolute Gasteiger partial charge is 0.315 e. The van der Waals surface area contributed by atoms with E-state index >= 15 is 0 Å². The van der Waals surface area contributed by atoms with Crippen LogP contribution in [0.15, 0.2) is 18.2 Å². The van der Waals surface area contributed by atoms with Gasteiger partial charge in [-0.05, 0) is 36.5 Å². The molecule has 0 fully saturated rings. The molecule has 7 heteroatoms. The van der Waals surface area contributed by atoms with Crippen LogP contribution in [0.1, 0.15) is 41.7 Å². The summed E-state index contributed by atoms with van der Waals surface area (Å²) >= 11 is 0. The number of phenolic OH excluding ortho intramolecular Hbond substituents is 1. The van der Waals surface area contributed by atoms with E-state index in [-0.39, 0.29) is 12.1 Å². The van der Waals surface area contributed by atoms with E-state index < -0.39 is 0 Å². The number of benzene rings is 1. The van der Waals surface area contributed by atoms with Gasteiger partial charge in [0, 0.05) is 13.0 Å². The number of nitrogens with one attached hydrogen (secondary N) is 2. The molecule has 23 heavy (non-hydrogen) atoms. The first-order valence-electron chi connectivity index (χ1n) is 7.98. The fraction of sp³-hybridized carbons (Fsp3) is 0.438. The van der Waals surface area contributed by atoms with Gasteiger partial charge in [0.25, 0.3) is 0 Å². The highest BCUT2D eigenvalue weighted by atomic mass is 16.3. The number of phenols is 1. The zero-order valence-corrected chi connectivity index (χ0v) is 12.7. The molecule has 1 unspecified atom stereocenters. The van der Waals surface area contributed by atoms with Gasteiger partial charge in [0.15, 0.2) is 5.82 Å². The van der Waals surface area contributed by atoms with Crippen molar-refractivity contribution in [3.8, 4) is 5.75 Å². The number of hydrogen-bond acceptors (Lipinski definition) is 4. The van der Waals surface area contributed by atoms with Gasteiger partial charge < -0.3 is 20.3 Å². The van der Waals surface area contributed by atoms with Gasteiger partial charge in [0.1, 0.15) is 11.6 Å². The predicted octanol–water partition coefficient (Wildman–Crippen LogP) is 1.42. The van der Waals surface area contributed by atoms with E-state index in [2.05, 4.69) is 25.4 Å². The molecule has 1 aromatic carbocycles. The Bertz CT molecular complexity index is 755. The Kier molecular flexibility index (Phi) is 3.40. The quantitative estimate of drug-likeness (QED) is 0.799. The zero-order valence-electron chi connectivity index (χ0n) is 12.7. The molecule has 4 rings (SSSR count). The van der Waals surface area contributed by atoms with Crippen molar-refractivity contribution in [1.29, 1.82) is 0 Å². The zero-order chi connectivity index (χ0) is 15.8. The molecular weight excluding hydrogens is 294 g/mol. The third kappa shape index (κ3) is 2.52. The van der Waals surface area contributed by atoms with Crippen molar-refractivity contribution in [3.05, 3.63) is 41.0 Å². The van der Waals surface area contributed by atoms with Crippen molar-refractivity contribution >= 4 is 6.03 Å². The Hall–Kier alpha value is -2.57. The van der Waals surface area contributed by atoms with Crippen LogP contribution in [0.4, 0.5) is 4.79 Å². The van der Waals surface area contributed by atoms with Gasteiger partial charge in [0.05, 0.1) is 12.6 Å². The van der Waals surface area contributed by atoms with E-state index in [0.717, 1.165) is 55.0 Å². The number of carbonyl (C=O) groups is 1. The molecule has 1 aliphatic heterocycles. The Labute approximate surface area is 133 Å². The number of fused-ring (bicyclic) bond motifs is 2. The van der Waals surface area contributed by atoms with Crippen molar-refractivity contribution in [2.45, 2.75) is 44.8 Å². The molecular formula is C16H19N5O2. The largest absolute Gasteiger partial charge is 0.508 e. The fourth-order valence-corrected chi connectivity index (χ4v) is 3.50. The lowest BCUT2D eigenvalue weighted by Crippen LogP contribution is -2.37. The minimum atomic E-state index is -0.221. The summed E-state index contributed by atoms with van der Waals surface area (Å²) in [6.07, 6.45) is 3.64. The number of amides is 2. The third-order valence-electron chi connectivity index (χ3n) is 4.64. The average molecular weight is 313 g/mol. The molecule has 1 aliphatic carbocycles. The highest BCUT2D eigenvalue weighted by molar-refractivity contribution is 5.74. The van der Waals surface area contributed by atoms with Crippen LogP contribution in [-0.4, -0.2) is 25.9 Å². The number of aryl methyl sites for hydroxylation is 1. The summed E-state index contributed by atoms with van der Waals surface area (Å²) < 4.78 is 2.07. The van der Waals surface area contributed by atoms with Crippen LogP contribution in [0.25, 0.3) is 0 Å². The number of aromatic hydroxyl groups is 1. The highest BCUT2D eigenvalue weighted by Gasteiger charge is 2.26. The molecule has 2 aromatic rings. The van der Waals surface area contributed by atoms with Crippen LogP contribution in [0.5, 0.6) is 5.75 Å². The van der Waals surface area contributed by atoms with Crippen LogP contribution < -0.4 is 10.6 Å². The van der Waals surface area contributed by atoms with Crippen molar-refractivity contribution in [2.24, 2.45) is 0 Å². The Morgan fingerprint density at radius 3 is 3.17 bits per heavy atom. The first-order valence-corrected chi connectivity index (χ1v) is 7.98. The molecule has 2 amide bonds. The Morgan fingerprint density at radius 2 is 2.26 bits per heavy atom. The first kappa shape index (κ1) is 14.0. The normalized spacial score (nSPS) is 18.5. The molecule has 2 heterocycles. The predicted molar refractivity (Wildman–Crippen MR) is 82.9 cm³/mol. The molecule has 0 saturated heterocycles. The van der Waals surface area contributed by atoms with E-state index in [1.54, 1.807) is 6.07 Å². The van der Waals surface area contributed by atoms with Crippen LogP contribution in [-0.2, 0) is 25.9 Å². The number of hydrogen-bond donors (Lipinski definition) is 3. The van der Waals surface area contributed by atoms with Crippen molar-refractivity contribution < 1.29 is 9.90 Å². The summed E-state index contributed by atoms with van der Waals surface area (Å²) in [5.41, 5.74) is 1.94. The van der Waals surface area contributed by atoms with Crippen LogP contribution in [0, 0.1) is 0 Å². The second-order valence-electron chi connectivity index (χ2n) is 6.05. The molecule has 2 aliphatic rings. The number of carbonyl (C=O) groups excluding carboxylic acids is 1.